The summed E-state index contributed by atoms with van der Waals surface area (Å²) in [7, 11) is 1.27. The summed E-state index contributed by atoms with van der Waals surface area (Å²) in [6.45, 7) is 0. The van der Waals surface area contributed by atoms with Crippen molar-refractivity contribution in [3.63, 3.8) is 0 Å². The molecule has 0 fully saturated rings. The van der Waals surface area contributed by atoms with Gasteiger partial charge in [-0.15, -0.1) is 0 Å². The molecule has 2 aromatic carbocycles. The molecule has 0 aliphatic rings. The monoisotopic (exact) mass is 339 g/mol. The van der Waals surface area contributed by atoms with Crippen LogP contribution in [-0.4, -0.2) is 13.1 Å². The molecular weight excluding hydrogens is 329 g/mol. The smallest absolute Gasteiger partial charge is 0.337 e. The fourth-order valence-corrected chi connectivity index (χ4v) is 1.88. The number of anilines is 1. The normalized spacial score (nSPS) is 10.2. The second-order valence-corrected chi connectivity index (χ2v) is 4.84. The predicted octanol–water partition coefficient (Wildman–Crippen LogP) is 3.75. The van der Waals surface area contributed by atoms with Gasteiger partial charge < -0.3 is 15.2 Å². The molecule has 2 rings (SSSR count). The van der Waals surface area contributed by atoms with Gasteiger partial charge in [0.25, 0.3) is 0 Å². The first-order chi connectivity index (χ1) is 9.51. The average Bonchev–Trinajstić information content (AvgIpc) is 2.44. The van der Waals surface area contributed by atoms with Gasteiger partial charge in [0, 0.05) is 4.47 Å². The molecule has 104 valence electrons. The lowest BCUT2D eigenvalue weighted by atomic mass is 10.2. The highest BCUT2D eigenvalue weighted by molar-refractivity contribution is 9.10. The van der Waals surface area contributed by atoms with E-state index in [-0.39, 0.29) is 22.7 Å². The zero-order valence-corrected chi connectivity index (χ0v) is 12.1. The standard InChI is InChI=1S/C14H11BrFNO3/c1-19-14(18)8-2-5-11(17)13(6-8)20-12-7-9(15)3-4-10(12)16/h2-7H,17H2,1H3. The number of halogens is 2. The quantitative estimate of drug-likeness (QED) is 0.683. The van der Waals surface area contributed by atoms with E-state index in [0.29, 0.717) is 4.47 Å². The fraction of sp³-hybridized carbons (Fsp3) is 0.0714. The first-order valence-electron chi connectivity index (χ1n) is 5.62. The third kappa shape index (κ3) is 3.08. The van der Waals surface area contributed by atoms with Crippen LogP contribution in [0.4, 0.5) is 10.1 Å². The number of benzene rings is 2. The molecule has 0 aliphatic carbocycles. The molecular formula is C14H11BrFNO3. The van der Waals surface area contributed by atoms with Gasteiger partial charge in [-0.25, -0.2) is 9.18 Å². The van der Waals surface area contributed by atoms with E-state index < -0.39 is 11.8 Å². The molecule has 20 heavy (non-hydrogen) atoms. The van der Waals surface area contributed by atoms with Crippen LogP contribution in [0.2, 0.25) is 0 Å². The fourth-order valence-electron chi connectivity index (χ4n) is 1.54. The Hall–Kier alpha value is -2.08. The molecule has 0 atom stereocenters. The Kier molecular flexibility index (Phi) is 4.24. The van der Waals surface area contributed by atoms with Crippen molar-refractivity contribution in [1.82, 2.24) is 0 Å². The van der Waals surface area contributed by atoms with Crippen molar-refractivity contribution in [3.8, 4) is 11.5 Å². The highest BCUT2D eigenvalue weighted by Gasteiger charge is 2.12. The summed E-state index contributed by atoms with van der Waals surface area (Å²) >= 11 is 3.23. The molecule has 0 radical (unpaired) electrons. The van der Waals surface area contributed by atoms with Gasteiger partial charge in [0.2, 0.25) is 0 Å². The van der Waals surface area contributed by atoms with E-state index in [2.05, 4.69) is 20.7 Å². The van der Waals surface area contributed by atoms with Gasteiger partial charge in [-0.1, -0.05) is 15.9 Å². The van der Waals surface area contributed by atoms with E-state index in [1.807, 2.05) is 0 Å². The van der Waals surface area contributed by atoms with Crippen LogP contribution in [0.1, 0.15) is 10.4 Å². The SMILES string of the molecule is COC(=O)c1ccc(N)c(Oc2cc(Br)ccc2F)c1. The van der Waals surface area contributed by atoms with E-state index in [4.69, 9.17) is 10.5 Å². The van der Waals surface area contributed by atoms with Crippen molar-refractivity contribution in [2.75, 3.05) is 12.8 Å². The number of esters is 1. The Bertz CT molecular complexity index is 661. The van der Waals surface area contributed by atoms with Crippen LogP contribution in [0.5, 0.6) is 11.5 Å². The van der Waals surface area contributed by atoms with Crippen molar-refractivity contribution in [3.05, 3.63) is 52.3 Å². The van der Waals surface area contributed by atoms with Crippen LogP contribution in [-0.2, 0) is 4.74 Å². The Balaban J connectivity index is 2.37. The van der Waals surface area contributed by atoms with E-state index in [1.54, 1.807) is 6.07 Å². The Morgan fingerprint density at radius 2 is 1.95 bits per heavy atom. The summed E-state index contributed by atoms with van der Waals surface area (Å²) in [5, 5.41) is 0. The molecule has 6 heteroatoms. The molecule has 0 unspecified atom stereocenters. The highest BCUT2D eigenvalue weighted by atomic mass is 79.9. The van der Waals surface area contributed by atoms with Crippen molar-refractivity contribution < 1.29 is 18.7 Å². The van der Waals surface area contributed by atoms with E-state index in [0.717, 1.165) is 0 Å². The van der Waals surface area contributed by atoms with Crippen molar-refractivity contribution in [2.45, 2.75) is 0 Å². The molecule has 0 amide bonds. The number of hydrogen-bond donors (Lipinski definition) is 1. The Morgan fingerprint density at radius 1 is 1.20 bits per heavy atom. The molecule has 0 spiro atoms. The minimum Gasteiger partial charge on any atom is -0.465 e. The lowest BCUT2D eigenvalue weighted by Crippen LogP contribution is -2.02. The maximum atomic E-state index is 13.6. The van der Waals surface area contributed by atoms with Crippen molar-refractivity contribution in [2.24, 2.45) is 0 Å². The number of rotatable bonds is 3. The van der Waals surface area contributed by atoms with E-state index in [9.17, 15) is 9.18 Å². The van der Waals surface area contributed by atoms with Crippen LogP contribution >= 0.6 is 15.9 Å². The highest BCUT2D eigenvalue weighted by Crippen LogP contribution is 2.31. The van der Waals surface area contributed by atoms with Gasteiger partial charge in [-0.05, 0) is 36.4 Å². The predicted molar refractivity (Wildman–Crippen MR) is 76.4 cm³/mol. The van der Waals surface area contributed by atoms with Crippen LogP contribution in [0, 0.1) is 5.82 Å². The molecule has 0 aliphatic heterocycles. The number of nitrogen functional groups attached to an aromatic ring is 1. The number of hydrogen-bond acceptors (Lipinski definition) is 4. The molecule has 0 saturated heterocycles. The van der Waals surface area contributed by atoms with Crippen LogP contribution in [0.25, 0.3) is 0 Å². The van der Waals surface area contributed by atoms with Gasteiger partial charge >= 0.3 is 5.97 Å². The topological polar surface area (TPSA) is 61.5 Å². The first-order valence-corrected chi connectivity index (χ1v) is 6.41. The van der Waals surface area contributed by atoms with Crippen LogP contribution in [0.15, 0.2) is 40.9 Å². The second kappa shape index (κ2) is 5.92. The number of ether oxygens (including phenoxy) is 2. The maximum Gasteiger partial charge on any atom is 0.337 e. The molecule has 0 aromatic heterocycles. The number of nitrogens with two attached hydrogens (primary N) is 1. The van der Waals surface area contributed by atoms with Gasteiger partial charge in [0.1, 0.15) is 0 Å². The molecule has 2 aromatic rings. The summed E-state index contributed by atoms with van der Waals surface area (Å²) in [4.78, 5) is 11.5. The second-order valence-electron chi connectivity index (χ2n) is 3.92. The minimum absolute atomic E-state index is 0.00749. The summed E-state index contributed by atoms with van der Waals surface area (Å²) in [6.07, 6.45) is 0. The molecule has 4 nitrogen and oxygen atoms in total. The Labute approximate surface area is 123 Å². The summed E-state index contributed by atoms with van der Waals surface area (Å²) in [6, 6.07) is 8.69. The third-order valence-corrected chi connectivity index (χ3v) is 3.04. The average molecular weight is 340 g/mol. The largest absolute Gasteiger partial charge is 0.465 e. The minimum atomic E-state index is -0.531. The molecule has 0 heterocycles. The zero-order chi connectivity index (χ0) is 14.7. The molecule has 2 N–H and O–H groups in total. The van der Waals surface area contributed by atoms with Crippen LogP contribution < -0.4 is 10.5 Å². The van der Waals surface area contributed by atoms with Gasteiger partial charge in [0.15, 0.2) is 17.3 Å². The maximum absolute atomic E-state index is 13.6. The number of methoxy groups -OCH3 is 1. The van der Waals surface area contributed by atoms with Gasteiger partial charge in [0.05, 0.1) is 18.4 Å². The Morgan fingerprint density at radius 3 is 2.65 bits per heavy atom. The zero-order valence-electron chi connectivity index (χ0n) is 10.5. The van der Waals surface area contributed by atoms with E-state index >= 15 is 0 Å². The van der Waals surface area contributed by atoms with Gasteiger partial charge in [-0.2, -0.15) is 0 Å². The van der Waals surface area contributed by atoms with Crippen LogP contribution in [0.3, 0.4) is 0 Å². The summed E-state index contributed by atoms with van der Waals surface area (Å²) < 4.78 is 24.3. The third-order valence-electron chi connectivity index (χ3n) is 2.55. The van der Waals surface area contributed by atoms with E-state index in [1.165, 1.54) is 37.4 Å². The van der Waals surface area contributed by atoms with Crippen molar-refractivity contribution in [1.29, 1.82) is 0 Å². The number of carbonyl (C=O) groups excluding carboxylic acids is 1. The summed E-state index contributed by atoms with van der Waals surface area (Å²) in [5.41, 5.74) is 6.32. The molecule has 0 bridgehead atoms. The summed E-state index contributed by atoms with van der Waals surface area (Å²) in [5.74, 6) is -0.862. The lowest BCUT2D eigenvalue weighted by molar-refractivity contribution is 0.0600. The lowest BCUT2D eigenvalue weighted by Gasteiger charge is -2.10. The molecule has 0 saturated carbocycles. The first kappa shape index (κ1) is 14.3. The van der Waals surface area contributed by atoms with Gasteiger partial charge in [-0.3, -0.25) is 0 Å². The number of carbonyl (C=O) groups is 1. The van der Waals surface area contributed by atoms with Crippen molar-refractivity contribution >= 4 is 27.6 Å².